The summed E-state index contributed by atoms with van der Waals surface area (Å²) in [4.78, 5) is 38.8. The fourth-order valence-corrected chi connectivity index (χ4v) is 3.96. The van der Waals surface area contributed by atoms with Crippen molar-refractivity contribution in [3.05, 3.63) is 96.1 Å². The van der Waals surface area contributed by atoms with Gasteiger partial charge in [0.1, 0.15) is 0 Å². The number of hydrogen-bond donors (Lipinski definition) is 2. The van der Waals surface area contributed by atoms with E-state index in [1.54, 1.807) is 17.0 Å². The van der Waals surface area contributed by atoms with Crippen LogP contribution in [0.3, 0.4) is 0 Å². The first-order chi connectivity index (χ1) is 16.1. The molecule has 1 unspecified atom stereocenters. The summed E-state index contributed by atoms with van der Waals surface area (Å²) in [5.41, 5.74) is 3.76. The smallest absolute Gasteiger partial charge is 0.251 e. The number of carbonyl (C=O) groups excluding carboxylic acids is 3. The Kier molecular flexibility index (Phi) is 7.15. The first-order valence-corrected chi connectivity index (χ1v) is 11.1. The van der Waals surface area contributed by atoms with Crippen LogP contribution in [-0.4, -0.2) is 42.3 Å². The highest BCUT2D eigenvalue weighted by molar-refractivity contribution is 5.94. The SMILES string of the molecule is O=C(NCCNC(=O)C1CC(=O)N(Cc2ccccc2)C1)c1ccc(-c2ccccc2)cc1. The molecular formula is C27H27N3O3. The van der Waals surface area contributed by atoms with Gasteiger partial charge in [0.15, 0.2) is 0 Å². The highest BCUT2D eigenvalue weighted by atomic mass is 16.2. The number of hydrogen-bond acceptors (Lipinski definition) is 3. The third-order valence-electron chi connectivity index (χ3n) is 5.77. The van der Waals surface area contributed by atoms with Crippen molar-refractivity contribution in [2.45, 2.75) is 13.0 Å². The number of carbonyl (C=O) groups is 3. The van der Waals surface area contributed by atoms with Gasteiger partial charge in [0, 0.05) is 38.2 Å². The van der Waals surface area contributed by atoms with Crippen LogP contribution in [0.4, 0.5) is 0 Å². The van der Waals surface area contributed by atoms with Crippen LogP contribution in [0, 0.1) is 5.92 Å². The molecule has 0 aliphatic carbocycles. The summed E-state index contributed by atoms with van der Waals surface area (Å²) in [5.74, 6) is -0.706. The van der Waals surface area contributed by atoms with Crippen LogP contribution in [0.25, 0.3) is 11.1 Å². The highest BCUT2D eigenvalue weighted by Gasteiger charge is 2.33. The van der Waals surface area contributed by atoms with Gasteiger partial charge in [-0.05, 0) is 28.8 Å². The van der Waals surface area contributed by atoms with Crippen LogP contribution < -0.4 is 10.6 Å². The van der Waals surface area contributed by atoms with Crippen molar-refractivity contribution in [1.82, 2.24) is 15.5 Å². The van der Waals surface area contributed by atoms with Crippen molar-refractivity contribution >= 4 is 17.7 Å². The maximum Gasteiger partial charge on any atom is 0.251 e. The van der Waals surface area contributed by atoms with Crippen molar-refractivity contribution < 1.29 is 14.4 Å². The molecule has 168 valence electrons. The summed E-state index contributed by atoms with van der Waals surface area (Å²) in [7, 11) is 0. The summed E-state index contributed by atoms with van der Waals surface area (Å²) in [6, 6.07) is 27.2. The van der Waals surface area contributed by atoms with Crippen LogP contribution in [0.5, 0.6) is 0 Å². The first-order valence-electron chi connectivity index (χ1n) is 11.1. The minimum absolute atomic E-state index is 0.00810. The topological polar surface area (TPSA) is 78.5 Å². The third-order valence-corrected chi connectivity index (χ3v) is 5.77. The second-order valence-corrected chi connectivity index (χ2v) is 8.15. The Morgan fingerprint density at radius 3 is 2.09 bits per heavy atom. The number of nitrogens with zero attached hydrogens (tertiary/aromatic N) is 1. The Bertz CT molecular complexity index is 1100. The summed E-state index contributed by atoms with van der Waals surface area (Å²) < 4.78 is 0. The Hall–Kier alpha value is -3.93. The molecule has 0 bridgehead atoms. The van der Waals surface area contributed by atoms with E-state index in [-0.39, 0.29) is 30.1 Å². The van der Waals surface area contributed by atoms with E-state index in [0.717, 1.165) is 16.7 Å². The van der Waals surface area contributed by atoms with Crippen molar-refractivity contribution in [2.24, 2.45) is 5.92 Å². The molecule has 0 saturated carbocycles. The molecule has 1 saturated heterocycles. The molecule has 3 amide bonds. The third kappa shape index (κ3) is 5.86. The van der Waals surface area contributed by atoms with Gasteiger partial charge in [-0.3, -0.25) is 14.4 Å². The molecule has 1 fully saturated rings. The Labute approximate surface area is 193 Å². The number of nitrogens with one attached hydrogen (secondary N) is 2. The minimum atomic E-state index is -0.359. The second-order valence-electron chi connectivity index (χ2n) is 8.15. The fourth-order valence-electron chi connectivity index (χ4n) is 3.96. The van der Waals surface area contributed by atoms with Gasteiger partial charge in [-0.2, -0.15) is 0 Å². The maximum absolute atomic E-state index is 12.5. The van der Waals surface area contributed by atoms with Gasteiger partial charge < -0.3 is 15.5 Å². The van der Waals surface area contributed by atoms with Crippen LogP contribution >= 0.6 is 0 Å². The Morgan fingerprint density at radius 2 is 1.39 bits per heavy atom. The van der Waals surface area contributed by atoms with E-state index in [1.165, 1.54) is 0 Å². The molecule has 3 aromatic rings. The monoisotopic (exact) mass is 441 g/mol. The summed E-state index contributed by atoms with van der Waals surface area (Å²) >= 11 is 0. The van der Waals surface area contributed by atoms with Crippen LogP contribution in [0.15, 0.2) is 84.9 Å². The van der Waals surface area contributed by atoms with E-state index >= 15 is 0 Å². The average Bonchev–Trinajstić information content (AvgIpc) is 3.23. The maximum atomic E-state index is 12.5. The lowest BCUT2D eigenvalue weighted by Crippen LogP contribution is -2.38. The molecular weight excluding hydrogens is 414 g/mol. The molecule has 33 heavy (non-hydrogen) atoms. The lowest BCUT2D eigenvalue weighted by atomic mass is 10.0. The quantitative estimate of drug-likeness (QED) is 0.527. The van der Waals surface area contributed by atoms with E-state index in [4.69, 9.17) is 0 Å². The number of rotatable bonds is 8. The first kappa shape index (κ1) is 22.3. The molecule has 6 heteroatoms. The van der Waals surface area contributed by atoms with E-state index in [1.807, 2.05) is 72.8 Å². The molecule has 6 nitrogen and oxygen atoms in total. The van der Waals surface area contributed by atoms with Gasteiger partial charge in [-0.15, -0.1) is 0 Å². The standard InChI is InChI=1S/C27H27N3O3/c31-25-17-24(19-30(25)18-20-7-3-1-4-8-20)27(33)29-16-15-28-26(32)23-13-11-22(12-14-23)21-9-5-2-6-10-21/h1-14,24H,15-19H2,(H,28,32)(H,29,33). The molecule has 4 rings (SSSR count). The largest absolute Gasteiger partial charge is 0.354 e. The molecule has 2 N–H and O–H groups in total. The number of benzene rings is 3. The minimum Gasteiger partial charge on any atom is -0.354 e. The highest BCUT2D eigenvalue weighted by Crippen LogP contribution is 2.21. The van der Waals surface area contributed by atoms with E-state index in [2.05, 4.69) is 10.6 Å². The predicted molar refractivity (Wildman–Crippen MR) is 127 cm³/mol. The van der Waals surface area contributed by atoms with Gasteiger partial charge in [0.05, 0.1) is 5.92 Å². The van der Waals surface area contributed by atoms with Crippen molar-refractivity contribution in [2.75, 3.05) is 19.6 Å². The molecule has 1 heterocycles. The lowest BCUT2D eigenvalue weighted by Gasteiger charge is -2.16. The average molecular weight is 442 g/mol. The van der Waals surface area contributed by atoms with Crippen LogP contribution in [0.1, 0.15) is 22.3 Å². The normalized spacial score (nSPS) is 15.3. The van der Waals surface area contributed by atoms with Gasteiger partial charge in [0.25, 0.3) is 5.91 Å². The summed E-state index contributed by atoms with van der Waals surface area (Å²) in [6.45, 7) is 1.57. The number of likely N-dealkylation sites (tertiary alicyclic amines) is 1. The van der Waals surface area contributed by atoms with Crippen LogP contribution in [0.2, 0.25) is 0 Å². The van der Waals surface area contributed by atoms with Crippen molar-refractivity contribution in [3.8, 4) is 11.1 Å². The van der Waals surface area contributed by atoms with Crippen LogP contribution in [-0.2, 0) is 16.1 Å². The fraction of sp³-hybridized carbons (Fsp3) is 0.222. The second kappa shape index (κ2) is 10.6. The molecule has 1 atom stereocenters. The van der Waals surface area contributed by atoms with Gasteiger partial charge in [-0.1, -0.05) is 72.8 Å². The number of amides is 3. The van der Waals surface area contributed by atoms with E-state index in [9.17, 15) is 14.4 Å². The molecule has 0 aromatic heterocycles. The summed E-state index contributed by atoms with van der Waals surface area (Å²) in [5, 5.41) is 5.66. The zero-order valence-corrected chi connectivity index (χ0v) is 18.4. The van der Waals surface area contributed by atoms with Gasteiger partial charge in [-0.25, -0.2) is 0 Å². The predicted octanol–water partition coefficient (Wildman–Crippen LogP) is 3.25. The summed E-state index contributed by atoms with van der Waals surface area (Å²) in [6.07, 6.45) is 0.221. The molecule has 0 spiro atoms. The lowest BCUT2D eigenvalue weighted by molar-refractivity contribution is -0.129. The zero-order chi connectivity index (χ0) is 23.0. The molecule has 0 radical (unpaired) electrons. The Morgan fingerprint density at radius 1 is 0.788 bits per heavy atom. The van der Waals surface area contributed by atoms with Crippen molar-refractivity contribution in [3.63, 3.8) is 0 Å². The van der Waals surface area contributed by atoms with E-state index < -0.39 is 0 Å². The molecule has 1 aliphatic heterocycles. The zero-order valence-electron chi connectivity index (χ0n) is 18.4. The molecule has 3 aromatic carbocycles. The van der Waals surface area contributed by atoms with E-state index in [0.29, 0.717) is 31.7 Å². The van der Waals surface area contributed by atoms with Crippen molar-refractivity contribution in [1.29, 1.82) is 0 Å². The Balaban J connectivity index is 1.19. The van der Waals surface area contributed by atoms with Gasteiger partial charge in [0.2, 0.25) is 11.8 Å². The molecule has 1 aliphatic rings. The van der Waals surface area contributed by atoms with Gasteiger partial charge >= 0.3 is 0 Å².